The summed E-state index contributed by atoms with van der Waals surface area (Å²) in [6.07, 6.45) is 3.01. The van der Waals surface area contributed by atoms with E-state index in [-0.39, 0.29) is 0 Å². The van der Waals surface area contributed by atoms with Gasteiger partial charge in [0.15, 0.2) is 0 Å². The normalized spacial score (nSPS) is 12.8. The van der Waals surface area contributed by atoms with E-state index in [2.05, 4.69) is 10.1 Å². The van der Waals surface area contributed by atoms with Crippen molar-refractivity contribution < 1.29 is 5.11 Å². The van der Waals surface area contributed by atoms with Gasteiger partial charge in [-0.3, -0.25) is 4.98 Å². The molecule has 1 atom stereocenters. The summed E-state index contributed by atoms with van der Waals surface area (Å²) in [6.45, 7) is 1.70. The lowest BCUT2D eigenvalue weighted by molar-refractivity contribution is 0.194. The molecule has 3 rings (SSSR count). The van der Waals surface area contributed by atoms with Crippen LogP contribution in [0.15, 0.2) is 48.8 Å². The first-order valence-corrected chi connectivity index (χ1v) is 5.83. The summed E-state index contributed by atoms with van der Waals surface area (Å²) in [5, 5.41) is 14.9. The third-order valence-electron chi connectivity index (χ3n) is 2.92. The number of nitrogens with zero attached hydrogens (tertiary/aromatic N) is 3. The summed E-state index contributed by atoms with van der Waals surface area (Å²) < 4.78 is 1.84. The van der Waals surface area contributed by atoms with Gasteiger partial charge in [-0.1, -0.05) is 18.2 Å². The summed E-state index contributed by atoms with van der Waals surface area (Å²) in [7, 11) is 0. The quantitative estimate of drug-likeness (QED) is 0.747. The number of rotatable bonds is 2. The second-order valence-electron chi connectivity index (χ2n) is 4.23. The molecule has 0 fully saturated rings. The molecule has 0 aliphatic carbocycles. The summed E-state index contributed by atoms with van der Waals surface area (Å²) in [4.78, 5) is 4.23. The van der Waals surface area contributed by atoms with Crippen molar-refractivity contribution >= 4 is 10.9 Å². The number of fused-ring (bicyclic) bond motifs is 1. The number of hydrogen-bond donors (Lipinski definition) is 1. The molecule has 4 nitrogen and oxygen atoms in total. The minimum atomic E-state index is -0.548. The Balaban J connectivity index is 2.09. The van der Waals surface area contributed by atoms with Gasteiger partial charge in [-0.25, -0.2) is 4.68 Å². The number of aliphatic hydroxyl groups excluding tert-OH is 1. The molecule has 18 heavy (non-hydrogen) atoms. The monoisotopic (exact) mass is 239 g/mol. The minimum absolute atomic E-state index is 0.548. The second kappa shape index (κ2) is 4.23. The molecule has 90 valence electrons. The Kier molecular flexibility index (Phi) is 2.57. The zero-order chi connectivity index (χ0) is 12.5. The van der Waals surface area contributed by atoms with Gasteiger partial charge in [0.1, 0.15) is 0 Å². The molecular formula is C14H13N3O. The fourth-order valence-electron chi connectivity index (χ4n) is 1.95. The van der Waals surface area contributed by atoms with Crippen LogP contribution >= 0.6 is 0 Å². The molecule has 0 aliphatic heterocycles. The highest BCUT2D eigenvalue weighted by Crippen LogP contribution is 2.18. The van der Waals surface area contributed by atoms with Gasteiger partial charge in [0.25, 0.3) is 0 Å². The summed E-state index contributed by atoms with van der Waals surface area (Å²) in [6, 6.07) is 11.7. The third-order valence-corrected chi connectivity index (χ3v) is 2.92. The fraction of sp³-hybridized carbons (Fsp3) is 0.143. The number of pyridine rings is 1. The Hall–Kier alpha value is -2.20. The third kappa shape index (κ3) is 1.76. The van der Waals surface area contributed by atoms with E-state index in [1.54, 1.807) is 13.1 Å². The van der Waals surface area contributed by atoms with E-state index in [1.807, 2.05) is 47.3 Å². The number of benzene rings is 1. The van der Waals surface area contributed by atoms with Gasteiger partial charge >= 0.3 is 0 Å². The van der Waals surface area contributed by atoms with Crippen LogP contribution in [0.1, 0.15) is 18.7 Å². The van der Waals surface area contributed by atoms with Crippen molar-refractivity contribution in [1.29, 1.82) is 0 Å². The fourth-order valence-corrected chi connectivity index (χ4v) is 1.95. The SMILES string of the molecule is CC(O)c1ccc(-n2ncc3ccccc32)cn1. The van der Waals surface area contributed by atoms with E-state index in [0.29, 0.717) is 5.69 Å². The molecule has 0 aliphatic rings. The topological polar surface area (TPSA) is 50.9 Å². The molecule has 3 aromatic rings. The average molecular weight is 239 g/mol. The van der Waals surface area contributed by atoms with Crippen molar-refractivity contribution in [3.63, 3.8) is 0 Å². The molecule has 4 heteroatoms. The first-order chi connectivity index (χ1) is 8.75. The van der Waals surface area contributed by atoms with Crippen molar-refractivity contribution in [3.05, 3.63) is 54.5 Å². The Labute approximate surface area is 105 Å². The zero-order valence-electron chi connectivity index (χ0n) is 9.99. The van der Waals surface area contributed by atoms with Crippen molar-refractivity contribution in [2.75, 3.05) is 0 Å². The molecule has 1 unspecified atom stereocenters. The van der Waals surface area contributed by atoms with Crippen LogP contribution in [-0.2, 0) is 0 Å². The van der Waals surface area contributed by atoms with Crippen molar-refractivity contribution in [3.8, 4) is 5.69 Å². The molecule has 1 aromatic carbocycles. The van der Waals surface area contributed by atoms with Gasteiger partial charge in [0.2, 0.25) is 0 Å². The van der Waals surface area contributed by atoms with Gasteiger partial charge in [-0.05, 0) is 25.1 Å². The summed E-state index contributed by atoms with van der Waals surface area (Å²) in [5.74, 6) is 0. The average Bonchev–Trinajstić information content (AvgIpc) is 2.82. The van der Waals surface area contributed by atoms with Crippen LogP contribution in [0.2, 0.25) is 0 Å². The maximum absolute atomic E-state index is 9.43. The molecule has 0 saturated carbocycles. The Bertz CT molecular complexity index is 671. The number of aliphatic hydroxyl groups is 1. The predicted octanol–water partition coefficient (Wildman–Crippen LogP) is 2.47. The maximum Gasteiger partial charge on any atom is 0.0931 e. The van der Waals surface area contributed by atoms with Crippen LogP contribution in [0, 0.1) is 0 Å². The lowest BCUT2D eigenvalue weighted by Crippen LogP contribution is -2.00. The predicted molar refractivity (Wildman–Crippen MR) is 69.5 cm³/mol. The second-order valence-corrected chi connectivity index (χ2v) is 4.23. The number of aromatic nitrogens is 3. The molecule has 0 saturated heterocycles. The maximum atomic E-state index is 9.43. The smallest absolute Gasteiger partial charge is 0.0931 e. The number of para-hydroxylation sites is 1. The highest BCUT2D eigenvalue weighted by atomic mass is 16.3. The van der Waals surface area contributed by atoms with E-state index in [0.717, 1.165) is 16.6 Å². The molecule has 0 spiro atoms. The van der Waals surface area contributed by atoms with Crippen LogP contribution in [0.25, 0.3) is 16.6 Å². The molecule has 1 N–H and O–H groups in total. The lowest BCUT2D eigenvalue weighted by atomic mass is 10.2. The van der Waals surface area contributed by atoms with E-state index in [1.165, 1.54) is 0 Å². The Morgan fingerprint density at radius 1 is 1.11 bits per heavy atom. The van der Waals surface area contributed by atoms with Gasteiger partial charge in [-0.15, -0.1) is 0 Å². The molecule has 2 aromatic heterocycles. The molecule has 0 amide bonds. The molecule has 2 heterocycles. The van der Waals surface area contributed by atoms with Crippen LogP contribution in [0.3, 0.4) is 0 Å². The van der Waals surface area contributed by atoms with Crippen LogP contribution in [0.5, 0.6) is 0 Å². The molecule has 0 radical (unpaired) electrons. The van der Waals surface area contributed by atoms with E-state index >= 15 is 0 Å². The first-order valence-electron chi connectivity index (χ1n) is 5.83. The minimum Gasteiger partial charge on any atom is -0.387 e. The lowest BCUT2D eigenvalue weighted by Gasteiger charge is -2.06. The largest absolute Gasteiger partial charge is 0.387 e. The van der Waals surface area contributed by atoms with Gasteiger partial charge in [0.05, 0.1) is 35.4 Å². The number of hydrogen-bond acceptors (Lipinski definition) is 3. The molecular weight excluding hydrogens is 226 g/mol. The van der Waals surface area contributed by atoms with Gasteiger partial charge in [-0.2, -0.15) is 5.10 Å². The Morgan fingerprint density at radius 2 is 1.94 bits per heavy atom. The highest BCUT2D eigenvalue weighted by molar-refractivity contribution is 5.79. The van der Waals surface area contributed by atoms with Crippen molar-refractivity contribution in [2.24, 2.45) is 0 Å². The molecule has 0 bridgehead atoms. The van der Waals surface area contributed by atoms with Crippen LogP contribution < -0.4 is 0 Å². The van der Waals surface area contributed by atoms with Crippen molar-refractivity contribution in [2.45, 2.75) is 13.0 Å². The summed E-state index contributed by atoms with van der Waals surface area (Å²) >= 11 is 0. The standard InChI is InChI=1S/C14H13N3O/c1-10(18)13-7-6-12(9-15-13)17-14-5-3-2-4-11(14)8-16-17/h2-10,18H,1H3. The summed E-state index contributed by atoms with van der Waals surface area (Å²) in [5.41, 5.74) is 2.60. The van der Waals surface area contributed by atoms with E-state index < -0.39 is 6.10 Å². The van der Waals surface area contributed by atoms with Gasteiger partial charge in [0, 0.05) is 5.39 Å². The highest BCUT2D eigenvalue weighted by Gasteiger charge is 2.06. The van der Waals surface area contributed by atoms with Gasteiger partial charge < -0.3 is 5.11 Å². The van der Waals surface area contributed by atoms with E-state index in [9.17, 15) is 5.11 Å². The van der Waals surface area contributed by atoms with Crippen molar-refractivity contribution in [1.82, 2.24) is 14.8 Å². The Morgan fingerprint density at radius 3 is 2.67 bits per heavy atom. The first kappa shape index (κ1) is 10.9. The van der Waals surface area contributed by atoms with Crippen LogP contribution in [-0.4, -0.2) is 19.9 Å². The van der Waals surface area contributed by atoms with Crippen LogP contribution in [0.4, 0.5) is 0 Å². The zero-order valence-corrected chi connectivity index (χ0v) is 9.99. The van der Waals surface area contributed by atoms with E-state index in [4.69, 9.17) is 0 Å².